The number of amides is 2. The first kappa shape index (κ1) is 21.7. The Morgan fingerprint density at radius 2 is 1.61 bits per heavy atom. The summed E-state index contributed by atoms with van der Waals surface area (Å²) in [6.07, 6.45) is -0.258. The minimum absolute atomic E-state index is 0.0148. The average molecular weight is 391 g/mol. The van der Waals surface area contributed by atoms with Gasteiger partial charge < -0.3 is 19.4 Å². The molecule has 8 heteroatoms. The number of hydrogen-bond donors (Lipinski definition) is 1. The molecule has 1 N–H and O–H groups in total. The summed E-state index contributed by atoms with van der Waals surface area (Å²) in [6, 6.07) is 8.59. The minimum Gasteiger partial charge on any atom is -0.459 e. The van der Waals surface area contributed by atoms with E-state index in [1.165, 1.54) is 11.8 Å². The Hall–Kier alpha value is -2.61. The molecule has 1 aromatic rings. The number of carbonyl (C=O) groups is 3. The molecule has 28 heavy (non-hydrogen) atoms. The van der Waals surface area contributed by atoms with Crippen molar-refractivity contribution in [2.75, 3.05) is 26.2 Å². The highest BCUT2D eigenvalue weighted by Gasteiger charge is 2.29. The number of hydrogen-bond acceptors (Lipinski definition) is 6. The molecule has 1 aromatic carbocycles. The summed E-state index contributed by atoms with van der Waals surface area (Å²) in [5.74, 6) is -0.510. The maximum atomic E-state index is 12.5. The van der Waals surface area contributed by atoms with Crippen LogP contribution >= 0.6 is 0 Å². The summed E-state index contributed by atoms with van der Waals surface area (Å²) >= 11 is 0. The summed E-state index contributed by atoms with van der Waals surface area (Å²) in [6.45, 7) is 8.55. The van der Waals surface area contributed by atoms with Gasteiger partial charge in [0.1, 0.15) is 11.6 Å². The van der Waals surface area contributed by atoms with Crippen molar-refractivity contribution in [1.29, 1.82) is 0 Å². The van der Waals surface area contributed by atoms with Gasteiger partial charge in [-0.2, -0.15) is 0 Å². The van der Waals surface area contributed by atoms with Crippen molar-refractivity contribution in [2.24, 2.45) is 0 Å². The third-order valence-corrected chi connectivity index (χ3v) is 4.25. The second kappa shape index (κ2) is 9.54. The second-order valence-electron chi connectivity index (χ2n) is 7.75. The van der Waals surface area contributed by atoms with Gasteiger partial charge in [0.25, 0.3) is 0 Å². The molecule has 0 unspecified atom stereocenters. The van der Waals surface area contributed by atoms with Crippen molar-refractivity contribution < 1.29 is 24.0 Å². The van der Waals surface area contributed by atoms with Gasteiger partial charge in [0.2, 0.25) is 5.91 Å². The number of carbonyl (C=O) groups excluding carboxylic acids is 3. The molecule has 1 heterocycles. The molecule has 0 aromatic heterocycles. The van der Waals surface area contributed by atoms with Gasteiger partial charge in [0, 0.05) is 39.5 Å². The Bertz CT molecular complexity index is 679. The highest BCUT2D eigenvalue weighted by atomic mass is 16.7. The van der Waals surface area contributed by atoms with Crippen LogP contribution in [0, 0.1) is 0 Å². The predicted molar refractivity (Wildman–Crippen MR) is 103 cm³/mol. The van der Waals surface area contributed by atoms with Crippen molar-refractivity contribution in [3.8, 4) is 0 Å². The largest absolute Gasteiger partial charge is 0.459 e. The Morgan fingerprint density at radius 1 is 1.04 bits per heavy atom. The van der Waals surface area contributed by atoms with Gasteiger partial charge in [-0.05, 0) is 26.3 Å². The topological polar surface area (TPSA) is 88.2 Å². The van der Waals surface area contributed by atoms with E-state index in [0.717, 1.165) is 5.56 Å². The first-order valence-electron chi connectivity index (χ1n) is 9.39. The molecule has 0 spiro atoms. The van der Waals surface area contributed by atoms with Gasteiger partial charge in [-0.3, -0.25) is 9.59 Å². The number of nitrogens with zero attached hydrogens (tertiary/aromatic N) is 2. The predicted octanol–water partition coefficient (Wildman–Crippen LogP) is 1.74. The molecular weight excluding hydrogens is 362 g/mol. The third-order valence-electron chi connectivity index (χ3n) is 4.25. The summed E-state index contributed by atoms with van der Waals surface area (Å²) in [5.41, 5.74) is 2.84. The fourth-order valence-corrected chi connectivity index (χ4v) is 2.79. The Balaban J connectivity index is 1.95. The van der Waals surface area contributed by atoms with Gasteiger partial charge in [0.15, 0.2) is 0 Å². The number of rotatable bonds is 5. The molecule has 2 rings (SSSR count). The maximum absolute atomic E-state index is 12.5. The molecule has 154 valence electrons. The smallest absolute Gasteiger partial charge is 0.428 e. The lowest BCUT2D eigenvalue weighted by Crippen LogP contribution is -2.52. The van der Waals surface area contributed by atoms with Crippen molar-refractivity contribution in [2.45, 2.75) is 45.8 Å². The van der Waals surface area contributed by atoms with Gasteiger partial charge in [-0.1, -0.05) is 30.3 Å². The molecular formula is C20H29N3O5. The zero-order valence-corrected chi connectivity index (χ0v) is 16.9. The second-order valence-corrected chi connectivity index (χ2v) is 7.75. The third kappa shape index (κ3) is 6.84. The molecule has 0 bridgehead atoms. The highest BCUT2D eigenvalue weighted by Crippen LogP contribution is 2.12. The number of nitrogens with one attached hydrogen (secondary N) is 1. The van der Waals surface area contributed by atoms with Crippen molar-refractivity contribution in [1.82, 2.24) is 15.3 Å². The quantitative estimate of drug-likeness (QED) is 0.608. The van der Waals surface area contributed by atoms with Crippen molar-refractivity contribution in [3.63, 3.8) is 0 Å². The van der Waals surface area contributed by atoms with Gasteiger partial charge in [-0.15, -0.1) is 5.48 Å². The minimum atomic E-state index is -0.830. The molecule has 1 aliphatic rings. The van der Waals surface area contributed by atoms with Crippen LogP contribution in [-0.2, 0) is 25.6 Å². The number of piperazine rings is 1. The van der Waals surface area contributed by atoms with Crippen LogP contribution in [0.2, 0.25) is 0 Å². The molecule has 0 saturated carbocycles. The number of esters is 1. The lowest BCUT2D eigenvalue weighted by molar-refractivity contribution is -0.160. The van der Waals surface area contributed by atoms with Crippen LogP contribution in [0.25, 0.3) is 0 Å². The standard InChI is InChI=1S/C20H29N3O5/c1-15(24)22-10-12-23(13-11-22)19(26)28-21-17(18(25)27-20(2,3)4)14-16-8-6-5-7-9-16/h5-9,17,21H,10-14H2,1-4H3/t17-/m0/s1. The Morgan fingerprint density at radius 3 is 2.14 bits per heavy atom. The van der Waals surface area contributed by atoms with Crippen LogP contribution in [0.3, 0.4) is 0 Å². The van der Waals surface area contributed by atoms with Crippen LogP contribution in [0.4, 0.5) is 4.79 Å². The molecule has 0 radical (unpaired) electrons. The lowest BCUT2D eigenvalue weighted by Gasteiger charge is -2.33. The summed E-state index contributed by atoms with van der Waals surface area (Å²) in [5, 5.41) is 0. The van der Waals surface area contributed by atoms with E-state index in [1.807, 2.05) is 30.3 Å². The van der Waals surface area contributed by atoms with Crippen LogP contribution in [-0.4, -0.2) is 65.6 Å². The number of ether oxygens (including phenoxy) is 1. The molecule has 1 aliphatic heterocycles. The van der Waals surface area contributed by atoms with E-state index in [1.54, 1.807) is 25.7 Å². The van der Waals surface area contributed by atoms with Gasteiger partial charge in [0.05, 0.1) is 0 Å². The SMILES string of the molecule is CC(=O)N1CCN(C(=O)ON[C@@H](Cc2ccccc2)C(=O)OC(C)(C)C)CC1. The molecule has 1 saturated heterocycles. The zero-order valence-electron chi connectivity index (χ0n) is 16.9. The van der Waals surface area contributed by atoms with Crippen LogP contribution in [0.5, 0.6) is 0 Å². The average Bonchev–Trinajstić information content (AvgIpc) is 2.64. The van der Waals surface area contributed by atoms with Gasteiger partial charge >= 0.3 is 12.1 Å². The molecule has 8 nitrogen and oxygen atoms in total. The van der Waals surface area contributed by atoms with E-state index in [9.17, 15) is 14.4 Å². The Kier molecular flexibility index (Phi) is 7.39. The van der Waals surface area contributed by atoms with Crippen molar-refractivity contribution in [3.05, 3.63) is 35.9 Å². The Labute approximate surface area is 165 Å². The number of hydroxylamine groups is 1. The summed E-state index contributed by atoms with van der Waals surface area (Å²) < 4.78 is 5.44. The molecule has 1 fully saturated rings. The van der Waals surface area contributed by atoms with Crippen molar-refractivity contribution >= 4 is 18.0 Å². The fraction of sp³-hybridized carbons (Fsp3) is 0.550. The first-order chi connectivity index (χ1) is 13.2. The summed E-state index contributed by atoms with van der Waals surface area (Å²) in [7, 11) is 0. The zero-order chi connectivity index (χ0) is 20.7. The summed E-state index contributed by atoms with van der Waals surface area (Å²) in [4.78, 5) is 44.6. The van der Waals surface area contributed by atoms with E-state index < -0.39 is 23.7 Å². The van der Waals surface area contributed by atoms with Crippen LogP contribution < -0.4 is 5.48 Å². The van der Waals surface area contributed by atoms with E-state index in [-0.39, 0.29) is 5.91 Å². The van der Waals surface area contributed by atoms with E-state index >= 15 is 0 Å². The maximum Gasteiger partial charge on any atom is 0.428 e. The van der Waals surface area contributed by atoms with Crippen LogP contribution in [0.1, 0.15) is 33.3 Å². The molecule has 0 aliphatic carbocycles. The molecule has 1 atom stereocenters. The van der Waals surface area contributed by atoms with E-state index in [2.05, 4.69) is 5.48 Å². The van der Waals surface area contributed by atoms with Gasteiger partial charge in [-0.25, -0.2) is 4.79 Å². The fourth-order valence-electron chi connectivity index (χ4n) is 2.79. The number of benzene rings is 1. The van der Waals surface area contributed by atoms with E-state index in [0.29, 0.717) is 32.6 Å². The first-order valence-corrected chi connectivity index (χ1v) is 9.39. The lowest BCUT2D eigenvalue weighted by atomic mass is 10.1. The monoisotopic (exact) mass is 391 g/mol. The van der Waals surface area contributed by atoms with Crippen LogP contribution in [0.15, 0.2) is 30.3 Å². The normalized spacial score (nSPS) is 15.7. The highest BCUT2D eigenvalue weighted by molar-refractivity contribution is 5.77. The van der Waals surface area contributed by atoms with E-state index in [4.69, 9.17) is 9.57 Å². The molecule has 2 amide bonds.